The monoisotopic (exact) mass is 527 g/mol. The standard InChI is InChI=1S/C17H29N5O4S.HI/c1-18-17(20-8-4-11-25-14-15-5-3-12-26-15)21-9-10-22-27(23,24)16-6-2-7-19-13-16;/h2,6-7,13,15,22H,3-5,8-12,14H2,1H3,(H2,18,20,21);1H. The third-order valence-electron chi connectivity index (χ3n) is 3.96. The predicted octanol–water partition coefficient (Wildman–Crippen LogP) is 0.729. The maximum Gasteiger partial charge on any atom is 0.242 e. The highest BCUT2D eigenvalue weighted by atomic mass is 127. The zero-order valence-electron chi connectivity index (χ0n) is 16.1. The molecule has 0 radical (unpaired) electrons. The van der Waals surface area contributed by atoms with Gasteiger partial charge in [0.1, 0.15) is 4.90 Å². The van der Waals surface area contributed by atoms with Gasteiger partial charge in [0.05, 0.1) is 12.7 Å². The molecular weight excluding hydrogens is 497 g/mol. The van der Waals surface area contributed by atoms with E-state index in [9.17, 15) is 8.42 Å². The number of nitrogens with one attached hydrogen (secondary N) is 3. The van der Waals surface area contributed by atoms with Crippen LogP contribution >= 0.6 is 24.0 Å². The normalized spacial score (nSPS) is 17.2. The molecule has 3 N–H and O–H groups in total. The lowest BCUT2D eigenvalue weighted by molar-refractivity contribution is 0.0168. The summed E-state index contributed by atoms with van der Waals surface area (Å²) in [6.07, 6.45) is 6.15. The van der Waals surface area contributed by atoms with Crippen LogP contribution in [0.2, 0.25) is 0 Å². The molecule has 1 saturated heterocycles. The van der Waals surface area contributed by atoms with E-state index >= 15 is 0 Å². The first kappa shape index (κ1) is 25.0. The average molecular weight is 527 g/mol. The highest BCUT2D eigenvalue weighted by Crippen LogP contribution is 2.11. The minimum absolute atomic E-state index is 0. The number of sulfonamides is 1. The van der Waals surface area contributed by atoms with Crippen molar-refractivity contribution in [2.24, 2.45) is 4.99 Å². The number of rotatable bonds is 11. The Balaban J connectivity index is 0.00000392. The van der Waals surface area contributed by atoms with Crippen LogP contribution in [0.15, 0.2) is 34.4 Å². The van der Waals surface area contributed by atoms with E-state index in [0.29, 0.717) is 32.3 Å². The quantitative estimate of drug-likeness (QED) is 0.168. The molecule has 0 saturated carbocycles. The van der Waals surface area contributed by atoms with Gasteiger partial charge >= 0.3 is 0 Å². The van der Waals surface area contributed by atoms with E-state index in [1.54, 1.807) is 13.1 Å². The van der Waals surface area contributed by atoms with Gasteiger partial charge in [0.2, 0.25) is 10.0 Å². The fourth-order valence-electron chi connectivity index (χ4n) is 2.55. The van der Waals surface area contributed by atoms with Crippen LogP contribution in [0.5, 0.6) is 0 Å². The van der Waals surface area contributed by atoms with Crippen molar-refractivity contribution in [1.29, 1.82) is 0 Å². The van der Waals surface area contributed by atoms with Gasteiger partial charge in [-0.3, -0.25) is 9.98 Å². The molecule has 1 aromatic rings. The number of pyridine rings is 1. The zero-order chi connectivity index (χ0) is 19.4. The SMILES string of the molecule is CN=C(NCCCOCC1CCCO1)NCCNS(=O)(=O)c1cccnc1.I. The van der Waals surface area contributed by atoms with E-state index in [1.807, 2.05) is 0 Å². The van der Waals surface area contributed by atoms with E-state index in [-0.39, 0.29) is 41.5 Å². The van der Waals surface area contributed by atoms with Crippen molar-refractivity contribution in [3.8, 4) is 0 Å². The Labute approximate surface area is 184 Å². The van der Waals surface area contributed by atoms with Crippen molar-refractivity contribution >= 4 is 40.0 Å². The molecule has 11 heteroatoms. The smallest absolute Gasteiger partial charge is 0.242 e. The lowest BCUT2D eigenvalue weighted by Gasteiger charge is -2.13. The van der Waals surface area contributed by atoms with E-state index in [2.05, 4.69) is 25.3 Å². The maximum absolute atomic E-state index is 12.1. The number of ether oxygens (including phenoxy) is 2. The van der Waals surface area contributed by atoms with E-state index < -0.39 is 10.0 Å². The molecule has 1 aromatic heterocycles. The van der Waals surface area contributed by atoms with Gasteiger partial charge in [0, 0.05) is 52.3 Å². The molecule has 0 spiro atoms. The Morgan fingerprint density at radius 3 is 2.86 bits per heavy atom. The zero-order valence-corrected chi connectivity index (χ0v) is 19.2. The van der Waals surface area contributed by atoms with Crippen molar-refractivity contribution in [1.82, 2.24) is 20.3 Å². The van der Waals surface area contributed by atoms with Gasteiger partial charge in [-0.1, -0.05) is 0 Å². The molecule has 2 rings (SSSR count). The molecule has 1 unspecified atom stereocenters. The first-order chi connectivity index (χ1) is 13.1. The van der Waals surface area contributed by atoms with Crippen LogP contribution in [0, 0.1) is 0 Å². The summed E-state index contributed by atoms with van der Waals surface area (Å²) in [5, 5.41) is 6.23. The lowest BCUT2D eigenvalue weighted by Crippen LogP contribution is -2.42. The van der Waals surface area contributed by atoms with Crippen LogP contribution in [0.4, 0.5) is 0 Å². The van der Waals surface area contributed by atoms with Gasteiger partial charge in [-0.25, -0.2) is 13.1 Å². The van der Waals surface area contributed by atoms with Crippen LogP contribution < -0.4 is 15.4 Å². The first-order valence-corrected chi connectivity index (χ1v) is 10.6. The summed E-state index contributed by atoms with van der Waals surface area (Å²) in [6.45, 7) is 3.53. The minimum atomic E-state index is -3.54. The molecule has 1 aliphatic heterocycles. The third-order valence-corrected chi connectivity index (χ3v) is 5.41. The van der Waals surface area contributed by atoms with Crippen molar-refractivity contribution in [2.45, 2.75) is 30.3 Å². The summed E-state index contributed by atoms with van der Waals surface area (Å²) in [7, 11) is -1.87. The summed E-state index contributed by atoms with van der Waals surface area (Å²) >= 11 is 0. The molecule has 1 aliphatic rings. The number of aliphatic imine (C=N–C) groups is 1. The molecule has 160 valence electrons. The van der Waals surface area contributed by atoms with Crippen LogP contribution in [-0.4, -0.2) is 72.0 Å². The molecule has 9 nitrogen and oxygen atoms in total. The van der Waals surface area contributed by atoms with E-state index in [0.717, 1.165) is 25.9 Å². The minimum Gasteiger partial charge on any atom is -0.379 e. The number of aromatic nitrogens is 1. The number of hydrogen-bond acceptors (Lipinski definition) is 6. The lowest BCUT2D eigenvalue weighted by atomic mass is 10.2. The summed E-state index contributed by atoms with van der Waals surface area (Å²) in [4.78, 5) is 8.07. The molecule has 0 bridgehead atoms. The summed E-state index contributed by atoms with van der Waals surface area (Å²) in [5.41, 5.74) is 0. The van der Waals surface area contributed by atoms with Crippen molar-refractivity contribution in [2.75, 3.05) is 46.5 Å². The topological polar surface area (TPSA) is 114 Å². The summed E-state index contributed by atoms with van der Waals surface area (Å²) < 4.78 is 37.8. The van der Waals surface area contributed by atoms with Gasteiger partial charge in [-0.15, -0.1) is 24.0 Å². The van der Waals surface area contributed by atoms with Gasteiger partial charge < -0.3 is 20.1 Å². The fourth-order valence-corrected chi connectivity index (χ4v) is 3.54. The Kier molecular flexibility index (Phi) is 12.5. The van der Waals surface area contributed by atoms with Crippen LogP contribution in [-0.2, 0) is 19.5 Å². The molecular formula is C17H30IN5O4S. The Hall–Kier alpha value is -1.02. The molecule has 1 fully saturated rings. The third kappa shape index (κ3) is 9.45. The van der Waals surface area contributed by atoms with Crippen molar-refractivity contribution in [3.05, 3.63) is 24.5 Å². The second kappa shape index (κ2) is 14.0. The Morgan fingerprint density at radius 2 is 2.18 bits per heavy atom. The molecule has 0 amide bonds. The van der Waals surface area contributed by atoms with Crippen molar-refractivity contribution in [3.63, 3.8) is 0 Å². The van der Waals surface area contributed by atoms with Gasteiger partial charge in [0.25, 0.3) is 0 Å². The van der Waals surface area contributed by atoms with Gasteiger partial charge in [0.15, 0.2) is 5.96 Å². The largest absolute Gasteiger partial charge is 0.379 e. The first-order valence-electron chi connectivity index (χ1n) is 9.15. The van der Waals surface area contributed by atoms with Crippen LogP contribution in [0.1, 0.15) is 19.3 Å². The van der Waals surface area contributed by atoms with Gasteiger partial charge in [-0.2, -0.15) is 0 Å². The molecule has 28 heavy (non-hydrogen) atoms. The summed E-state index contributed by atoms with van der Waals surface area (Å²) in [6, 6.07) is 3.09. The average Bonchev–Trinajstić information content (AvgIpc) is 3.20. The molecule has 2 heterocycles. The van der Waals surface area contributed by atoms with Crippen molar-refractivity contribution < 1.29 is 17.9 Å². The fraction of sp³-hybridized carbons (Fsp3) is 0.647. The number of nitrogens with zero attached hydrogens (tertiary/aromatic N) is 2. The highest BCUT2D eigenvalue weighted by molar-refractivity contribution is 14.0. The van der Waals surface area contributed by atoms with E-state index in [1.165, 1.54) is 18.5 Å². The van der Waals surface area contributed by atoms with Crippen LogP contribution in [0.3, 0.4) is 0 Å². The predicted molar refractivity (Wildman–Crippen MR) is 119 cm³/mol. The Morgan fingerprint density at radius 1 is 1.36 bits per heavy atom. The number of halogens is 1. The number of hydrogen-bond donors (Lipinski definition) is 3. The number of guanidine groups is 1. The van der Waals surface area contributed by atoms with Gasteiger partial charge in [-0.05, 0) is 31.4 Å². The van der Waals surface area contributed by atoms with E-state index in [4.69, 9.17) is 9.47 Å². The Bertz CT molecular complexity index is 669. The second-order valence-corrected chi connectivity index (χ2v) is 7.84. The van der Waals surface area contributed by atoms with Crippen LogP contribution in [0.25, 0.3) is 0 Å². The highest BCUT2D eigenvalue weighted by Gasteiger charge is 2.15. The second-order valence-electron chi connectivity index (χ2n) is 6.08. The molecule has 0 aliphatic carbocycles. The maximum atomic E-state index is 12.1. The molecule has 0 aromatic carbocycles. The summed E-state index contributed by atoms with van der Waals surface area (Å²) in [5.74, 6) is 0.620. The molecule has 1 atom stereocenters.